The van der Waals surface area contributed by atoms with Gasteiger partial charge < -0.3 is 5.11 Å². The SMILES string of the molecule is O=C(O)CCCCCCc1ccc(F)cc1F. The van der Waals surface area contributed by atoms with E-state index < -0.39 is 17.6 Å². The molecule has 0 radical (unpaired) electrons. The van der Waals surface area contributed by atoms with E-state index in [4.69, 9.17) is 5.11 Å². The second-order valence-electron chi connectivity index (χ2n) is 4.04. The number of carbonyl (C=O) groups is 1. The first kappa shape index (κ1) is 13.6. The normalized spacial score (nSPS) is 10.5. The van der Waals surface area contributed by atoms with Crippen molar-refractivity contribution in [3.63, 3.8) is 0 Å². The number of carboxylic acid groups (broad SMARTS) is 1. The van der Waals surface area contributed by atoms with E-state index in [-0.39, 0.29) is 6.42 Å². The van der Waals surface area contributed by atoms with E-state index in [1.54, 1.807) is 0 Å². The van der Waals surface area contributed by atoms with Crippen molar-refractivity contribution in [2.45, 2.75) is 38.5 Å². The lowest BCUT2D eigenvalue weighted by Crippen LogP contribution is -1.95. The zero-order chi connectivity index (χ0) is 12.7. The van der Waals surface area contributed by atoms with Gasteiger partial charge in [-0.2, -0.15) is 0 Å². The van der Waals surface area contributed by atoms with Gasteiger partial charge in [-0.3, -0.25) is 4.79 Å². The number of aliphatic carboxylic acids is 1. The van der Waals surface area contributed by atoms with Gasteiger partial charge in [-0.15, -0.1) is 0 Å². The van der Waals surface area contributed by atoms with Crippen LogP contribution in [0.4, 0.5) is 8.78 Å². The first-order chi connectivity index (χ1) is 8.09. The molecule has 0 fully saturated rings. The Morgan fingerprint density at radius 2 is 1.82 bits per heavy atom. The van der Waals surface area contributed by atoms with Crippen LogP contribution in [0, 0.1) is 11.6 Å². The van der Waals surface area contributed by atoms with Crippen LogP contribution in [0.15, 0.2) is 18.2 Å². The summed E-state index contributed by atoms with van der Waals surface area (Å²) in [6.07, 6.45) is 3.90. The standard InChI is InChI=1S/C13H16F2O2/c14-11-8-7-10(12(15)9-11)5-3-1-2-4-6-13(16)17/h7-9H,1-6H2,(H,16,17). The van der Waals surface area contributed by atoms with Crippen LogP contribution in [0.1, 0.15) is 37.7 Å². The Bertz CT molecular complexity index is 378. The molecule has 1 aromatic carbocycles. The fraction of sp³-hybridized carbons (Fsp3) is 0.462. The average molecular weight is 242 g/mol. The van der Waals surface area contributed by atoms with Crippen molar-refractivity contribution in [3.05, 3.63) is 35.4 Å². The van der Waals surface area contributed by atoms with Gasteiger partial charge in [-0.1, -0.05) is 18.9 Å². The molecule has 0 heterocycles. The molecule has 0 bridgehead atoms. The highest BCUT2D eigenvalue weighted by Crippen LogP contribution is 2.13. The number of hydrogen-bond donors (Lipinski definition) is 1. The Kier molecular flexibility index (Phi) is 5.60. The molecule has 94 valence electrons. The molecule has 0 aliphatic rings. The van der Waals surface area contributed by atoms with Gasteiger partial charge in [0.25, 0.3) is 0 Å². The van der Waals surface area contributed by atoms with Crippen LogP contribution in [0.2, 0.25) is 0 Å². The molecule has 1 N–H and O–H groups in total. The smallest absolute Gasteiger partial charge is 0.303 e. The number of hydrogen-bond acceptors (Lipinski definition) is 1. The molecule has 0 aliphatic heterocycles. The molecule has 0 saturated carbocycles. The Morgan fingerprint density at radius 3 is 2.47 bits per heavy atom. The molecule has 2 nitrogen and oxygen atoms in total. The Balaban J connectivity index is 2.20. The van der Waals surface area contributed by atoms with Crippen LogP contribution in [-0.4, -0.2) is 11.1 Å². The first-order valence-electron chi connectivity index (χ1n) is 5.75. The van der Waals surface area contributed by atoms with Crippen molar-refractivity contribution < 1.29 is 18.7 Å². The van der Waals surface area contributed by atoms with Crippen LogP contribution >= 0.6 is 0 Å². The minimum atomic E-state index is -0.783. The second kappa shape index (κ2) is 6.99. The third kappa shape index (κ3) is 5.43. The maximum atomic E-state index is 13.2. The van der Waals surface area contributed by atoms with Crippen LogP contribution in [0.25, 0.3) is 0 Å². The summed E-state index contributed by atoms with van der Waals surface area (Å²) in [6, 6.07) is 3.60. The maximum Gasteiger partial charge on any atom is 0.303 e. The molecule has 0 amide bonds. The zero-order valence-corrected chi connectivity index (χ0v) is 9.59. The lowest BCUT2D eigenvalue weighted by atomic mass is 10.0. The van der Waals surface area contributed by atoms with Crippen molar-refractivity contribution in [2.24, 2.45) is 0 Å². The Hall–Kier alpha value is -1.45. The quantitative estimate of drug-likeness (QED) is 0.742. The summed E-state index contributed by atoms with van der Waals surface area (Å²) in [5.41, 5.74) is 0.518. The van der Waals surface area contributed by atoms with Crippen molar-refractivity contribution in [3.8, 4) is 0 Å². The summed E-state index contributed by atoms with van der Waals surface area (Å²) in [4.78, 5) is 10.2. The van der Waals surface area contributed by atoms with Crippen LogP contribution < -0.4 is 0 Å². The molecule has 0 aliphatic carbocycles. The van der Waals surface area contributed by atoms with Crippen LogP contribution in [-0.2, 0) is 11.2 Å². The van der Waals surface area contributed by atoms with Gasteiger partial charge in [0.2, 0.25) is 0 Å². The molecule has 17 heavy (non-hydrogen) atoms. The van der Waals surface area contributed by atoms with E-state index in [1.165, 1.54) is 12.1 Å². The van der Waals surface area contributed by atoms with E-state index >= 15 is 0 Å². The molecule has 4 heteroatoms. The van der Waals surface area contributed by atoms with Gasteiger partial charge in [0.05, 0.1) is 0 Å². The number of unbranched alkanes of at least 4 members (excludes halogenated alkanes) is 3. The Labute approximate surface area is 99.3 Å². The summed E-state index contributed by atoms with van der Waals surface area (Å²) in [7, 11) is 0. The lowest BCUT2D eigenvalue weighted by Gasteiger charge is -2.03. The molecule has 0 aromatic heterocycles. The molecule has 1 aromatic rings. The number of halogens is 2. The summed E-state index contributed by atoms with van der Waals surface area (Å²) in [6.45, 7) is 0. The largest absolute Gasteiger partial charge is 0.481 e. The van der Waals surface area contributed by atoms with Crippen molar-refractivity contribution in [2.75, 3.05) is 0 Å². The highest BCUT2D eigenvalue weighted by Gasteiger charge is 2.03. The maximum absolute atomic E-state index is 13.2. The van der Waals surface area contributed by atoms with Gasteiger partial charge in [-0.25, -0.2) is 8.78 Å². The molecule has 0 saturated heterocycles. The van der Waals surface area contributed by atoms with Crippen LogP contribution in [0.5, 0.6) is 0 Å². The van der Waals surface area contributed by atoms with Crippen molar-refractivity contribution in [1.29, 1.82) is 0 Å². The van der Waals surface area contributed by atoms with Gasteiger partial charge in [0, 0.05) is 12.5 Å². The molecule has 0 atom stereocenters. The Morgan fingerprint density at radius 1 is 1.12 bits per heavy atom. The minimum Gasteiger partial charge on any atom is -0.481 e. The molecular weight excluding hydrogens is 226 g/mol. The number of benzene rings is 1. The monoisotopic (exact) mass is 242 g/mol. The minimum absolute atomic E-state index is 0.185. The predicted octanol–water partition coefficient (Wildman–Crippen LogP) is 3.54. The molecule has 0 unspecified atom stereocenters. The number of aryl methyl sites for hydroxylation is 1. The summed E-state index contributed by atoms with van der Waals surface area (Å²) < 4.78 is 25.8. The highest BCUT2D eigenvalue weighted by molar-refractivity contribution is 5.66. The number of rotatable bonds is 7. The predicted molar refractivity (Wildman–Crippen MR) is 60.8 cm³/mol. The fourth-order valence-electron chi connectivity index (χ4n) is 1.67. The van der Waals surface area contributed by atoms with E-state index in [0.717, 1.165) is 25.3 Å². The fourth-order valence-corrected chi connectivity index (χ4v) is 1.67. The van der Waals surface area contributed by atoms with Gasteiger partial charge >= 0.3 is 5.97 Å². The van der Waals surface area contributed by atoms with Gasteiger partial charge in [0.1, 0.15) is 11.6 Å². The molecule has 0 spiro atoms. The second-order valence-corrected chi connectivity index (χ2v) is 4.04. The summed E-state index contributed by atoms with van der Waals surface area (Å²) >= 11 is 0. The zero-order valence-electron chi connectivity index (χ0n) is 9.59. The highest BCUT2D eigenvalue weighted by atomic mass is 19.1. The van der Waals surface area contributed by atoms with E-state index in [0.29, 0.717) is 18.4 Å². The third-order valence-electron chi connectivity index (χ3n) is 2.60. The first-order valence-corrected chi connectivity index (χ1v) is 5.75. The van der Waals surface area contributed by atoms with E-state index in [2.05, 4.69) is 0 Å². The number of carboxylic acids is 1. The van der Waals surface area contributed by atoms with Gasteiger partial charge in [0.15, 0.2) is 0 Å². The topological polar surface area (TPSA) is 37.3 Å². The average Bonchev–Trinajstić information content (AvgIpc) is 2.25. The summed E-state index contributed by atoms with van der Waals surface area (Å²) in [5, 5.41) is 8.43. The van der Waals surface area contributed by atoms with Crippen LogP contribution in [0.3, 0.4) is 0 Å². The molecule has 1 rings (SSSR count). The van der Waals surface area contributed by atoms with E-state index in [9.17, 15) is 13.6 Å². The molecular formula is C13H16F2O2. The van der Waals surface area contributed by atoms with E-state index in [1.807, 2.05) is 0 Å². The lowest BCUT2D eigenvalue weighted by molar-refractivity contribution is -0.137. The van der Waals surface area contributed by atoms with Crippen molar-refractivity contribution in [1.82, 2.24) is 0 Å². The summed E-state index contributed by atoms with van der Waals surface area (Å²) in [5.74, 6) is -1.85. The third-order valence-corrected chi connectivity index (χ3v) is 2.60. The van der Waals surface area contributed by atoms with Gasteiger partial charge in [-0.05, 0) is 30.9 Å². The van der Waals surface area contributed by atoms with Crippen molar-refractivity contribution >= 4 is 5.97 Å².